The molecule has 0 aromatic heterocycles. The van der Waals surface area contributed by atoms with Gasteiger partial charge in [-0.3, -0.25) is 4.31 Å². The summed E-state index contributed by atoms with van der Waals surface area (Å²) in [6, 6.07) is 6.17. The third kappa shape index (κ3) is 2.38. The van der Waals surface area contributed by atoms with Gasteiger partial charge in [0.2, 0.25) is 10.0 Å². The topological polar surface area (TPSA) is 49.9 Å². The molecule has 1 saturated heterocycles. The van der Waals surface area contributed by atoms with Crippen LogP contribution in [0.25, 0.3) is 0 Å². The molecule has 0 saturated carbocycles. The van der Waals surface area contributed by atoms with Gasteiger partial charge in [0, 0.05) is 25.3 Å². The first kappa shape index (κ1) is 13.7. The number of ether oxygens (including phenoxy) is 1. The lowest BCUT2D eigenvalue weighted by Gasteiger charge is -2.29. The molecule has 1 fully saturated rings. The van der Waals surface area contributed by atoms with Crippen LogP contribution in [0.5, 0.6) is 0 Å². The lowest BCUT2D eigenvalue weighted by atomic mass is 10.1. The van der Waals surface area contributed by atoms with Crippen LogP contribution in [0.15, 0.2) is 18.2 Å². The van der Waals surface area contributed by atoms with Crippen molar-refractivity contribution in [2.45, 2.75) is 13.3 Å². The summed E-state index contributed by atoms with van der Waals surface area (Å²) in [5.74, 6) is 0.147. The fourth-order valence-corrected chi connectivity index (χ4v) is 3.95. The molecular weight excluding hydrogens is 276 g/mol. The van der Waals surface area contributed by atoms with Crippen LogP contribution in [0.2, 0.25) is 0 Å². The molecule has 20 heavy (non-hydrogen) atoms. The largest absolute Gasteiger partial charge is 0.378 e. The lowest BCUT2D eigenvalue weighted by molar-refractivity contribution is 0.122. The molecule has 0 aliphatic carbocycles. The minimum absolute atomic E-state index is 0.147. The molecule has 0 spiro atoms. The molecule has 2 aliphatic rings. The van der Waals surface area contributed by atoms with E-state index in [9.17, 15) is 8.42 Å². The van der Waals surface area contributed by atoms with E-state index in [2.05, 4.69) is 17.0 Å². The molecule has 0 atom stereocenters. The van der Waals surface area contributed by atoms with E-state index in [0.29, 0.717) is 6.54 Å². The Morgan fingerprint density at radius 1 is 1.20 bits per heavy atom. The van der Waals surface area contributed by atoms with Crippen molar-refractivity contribution in [2.75, 3.05) is 47.8 Å². The zero-order valence-electron chi connectivity index (χ0n) is 11.7. The first-order chi connectivity index (χ1) is 9.62. The van der Waals surface area contributed by atoms with Crippen LogP contribution in [0.3, 0.4) is 0 Å². The van der Waals surface area contributed by atoms with E-state index in [1.807, 2.05) is 6.07 Å². The van der Waals surface area contributed by atoms with Crippen LogP contribution in [0.4, 0.5) is 11.4 Å². The minimum Gasteiger partial charge on any atom is -0.378 e. The first-order valence-corrected chi connectivity index (χ1v) is 8.69. The fourth-order valence-electron chi connectivity index (χ4n) is 2.80. The molecule has 0 radical (unpaired) electrons. The SMILES string of the molecule is CCS(=O)(=O)N1CCc2ccc(N3CCOCC3)cc21. The second-order valence-corrected chi connectivity index (χ2v) is 7.32. The summed E-state index contributed by atoms with van der Waals surface area (Å²) >= 11 is 0. The number of hydrogen-bond donors (Lipinski definition) is 0. The Morgan fingerprint density at radius 3 is 2.65 bits per heavy atom. The first-order valence-electron chi connectivity index (χ1n) is 7.08. The predicted molar refractivity (Wildman–Crippen MR) is 80.0 cm³/mol. The third-order valence-electron chi connectivity index (χ3n) is 4.00. The normalized spacial score (nSPS) is 19.2. The van der Waals surface area contributed by atoms with E-state index >= 15 is 0 Å². The Balaban J connectivity index is 1.93. The Morgan fingerprint density at radius 2 is 1.95 bits per heavy atom. The van der Waals surface area contributed by atoms with Crippen LogP contribution >= 0.6 is 0 Å². The van der Waals surface area contributed by atoms with Crippen LogP contribution < -0.4 is 9.21 Å². The Labute approximate surface area is 120 Å². The summed E-state index contributed by atoms with van der Waals surface area (Å²) < 4.78 is 31.2. The van der Waals surface area contributed by atoms with Gasteiger partial charge in [-0.05, 0) is 31.0 Å². The van der Waals surface area contributed by atoms with Crippen molar-refractivity contribution in [2.24, 2.45) is 0 Å². The maximum atomic E-state index is 12.1. The Bertz CT molecular complexity index is 594. The van der Waals surface area contributed by atoms with Crippen molar-refractivity contribution in [3.63, 3.8) is 0 Å². The highest BCUT2D eigenvalue weighted by molar-refractivity contribution is 7.92. The van der Waals surface area contributed by atoms with Gasteiger partial charge in [-0.2, -0.15) is 0 Å². The monoisotopic (exact) mass is 296 g/mol. The van der Waals surface area contributed by atoms with Crippen LogP contribution in [0, 0.1) is 0 Å². The summed E-state index contributed by atoms with van der Waals surface area (Å²) in [5.41, 5.74) is 3.07. The van der Waals surface area contributed by atoms with Crippen molar-refractivity contribution in [1.82, 2.24) is 0 Å². The average molecular weight is 296 g/mol. The highest BCUT2D eigenvalue weighted by Gasteiger charge is 2.28. The molecule has 6 heteroatoms. The van der Waals surface area contributed by atoms with Crippen LogP contribution in [-0.2, 0) is 21.2 Å². The molecule has 0 N–H and O–H groups in total. The van der Waals surface area contributed by atoms with Gasteiger partial charge >= 0.3 is 0 Å². The summed E-state index contributed by atoms with van der Waals surface area (Å²) in [4.78, 5) is 2.25. The molecule has 110 valence electrons. The lowest BCUT2D eigenvalue weighted by Crippen LogP contribution is -2.36. The number of rotatable bonds is 3. The van der Waals surface area contributed by atoms with E-state index in [-0.39, 0.29) is 5.75 Å². The smallest absolute Gasteiger partial charge is 0.234 e. The van der Waals surface area contributed by atoms with E-state index in [1.165, 1.54) is 0 Å². The van der Waals surface area contributed by atoms with Crippen molar-refractivity contribution in [1.29, 1.82) is 0 Å². The van der Waals surface area contributed by atoms with Gasteiger partial charge in [-0.15, -0.1) is 0 Å². The Kier molecular flexibility index (Phi) is 3.60. The van der Waals surface area contributed by atoms with E-state index in [0.717, 1.165) is 49.7 Å². The second-order valence-electron chi connectivity index (χ2n) is 5.14. The summed E-state index contributed by atoms with van der Waals surface area (Å²) in [6.07, 6.45) is 0.804. The summed E-state index contributed by atoms with van der Waals surface area (Å²) in [5, 5.41) is 0. The molecular formula is C14H20N2O3S. The molecule has 0 unspecified atom stereocenters. The zero-order chi connectivity index (χ0) is 14.2. The number of sulfonamides is 1. The van der Waals surface area contributed by atoms with Gasteiger partial charge in [-0.25, -0.2) is 8.42 Å². The zero-order valence-corrected chi connectivity index (χ0v) is 12.5. The van der Waals surface area contributed by atoms with Gasteiger partial charge in [-0.1, -0.05) is 6.07 Å². The molecule has 0 amide bonds. The maximum Gasteiger partial charge on any atom is 0.234 e. The average Bonchev–Trinajstić information content (AvgIpc) is 2.92. The van der Waals surface area contributed by atoms with Gasteiger partial charge in [0.15, 0.2) is 0 Å². The van der Waals surface area contributed by atoms with E-state index in [4.69, 9.17) is 4.74 Å². The van der Waals surface area contributed by atoms with Crippen LogP contribution in [-0.4, -0.2) is 47.0 Å². The second kappa shape index (κ2) is 5.26. The number of nitrogens with zero attached hydrogens (tertiary/aromatic N) is 2. The summed E-state index contributed by atoms with van der Waals surface area (Å²) in [7, 11) is -3.17. The molecule has 1 aromatic rings. The van der Waals surface area contributed by atoms with Crippen molar-refractivity contribution < 1.29 is 13.2 Å². The molecule has 0 bridgehead atoms. The van der Waals surface area contributed by atoms with Gasteiger partial charge in [0.25, 0.3) is 0 Å². The standard InChI is InChI=1S/C14H20N2O3S/c1-2-20(17,18)16-6-5-12-3-4-13(11-14(12)16)15-7-9-19-10-8-15/h3-4,11H,2,5-10H2,1H3. The molecule has 5 nitrogen and oxygen atoms in total. The molecule has 2 aliphatic heterocycles. The molecule has 1 aromatic carbocycles. The minimum atomic E-state index is -3.17. The highest BCUT2D eigenvalue weighted by atomic mass is 32.2. The van der Waals surface area contributed by atoms with Crippen LogP contribution in [0.1, 0.15) is 12.5 Å². The number of benzene rings is 1. The van der Waals surface area contributed by atoms with Gasteiger partial charge in [0.1, 0.15) is 0 Å². The van der Waals surface area contributed by atoms with Gasteiger partial charge in [0.05, 0.1) is 24.7 Å². The summed E-state index contributed by atoms with van der Waals surface area (Å²) in [6.45, 7) is 5.44. The van der Waals surface area contributed by atoms with Crippen molar-refractivity contribution in [3.8, 4) is 0 Å². The molecule has 3 rings (SSSR count). The predicted octanol–water partition coefficient (Wildman–Crippen LogP) is 1.24. The van der Waals surface area contributed by atoms with E-state index < -0.39 is 10.0 Å². The quantitative estimate of drug-likeness (QED) is 0.842. The van der Waals surface area contributed by atoms with Gasteiger partial charge < -0.3 is 9.64 Å². The maximum absolute atomic E-state index is 12.1. The molecule has 2 heterocycles. The van der Waals surface area contributed by atoms with Crippen molar-refractivity contribution in [3.05, 3.63) is 23.8 Å². The number of hydrogen-bond acceptors (Lipinski definition) is 4. The number of morpholine rings is 1. The number of anilines is 2. The third-order valence-corrected chi connectivity index (χ3v) is 5.78. The number of fused-ring (bicyclic) bond motifs is 1. The highest BCUT2D eigenvalue weighted by Crippen LogP contribution is 2.34. The fraction of sp³-hybridized carbons (Fsp3) is 0.571. The Hall–Kier alpha value is -1.27. The van der Waals surface area contributed by atoms with E-state index in [1.54, 1.807) is 11.2 Å². The van der Waals surface area contributed by atoms with Crippen molar-refractivity contribution >= 4 is 21.4 Å².